The molecule has 1 N–H and O–H groups in total. The lowest BCUT2D eigenvalue weighted by molar-refractivity contribution is 0.679. The summed E-state index contributed by atoms with van der Waals surface area (Å²) >= 11 is 6.07. The molecule has 0 radical (unpaired) electrons. The van der Waals surface area contributed by atoms with E-state index in [1.54, 1.807) is 0 Å². The molecule has 1 aromatic carbocycles. The molecule has 1 aliphatic rings. The molecule has 1 aliphatic carbocycles. The third-order valence-corrected chi connectivity index (χ3v) is 4.11. The van der Waals surface area contributed by atoms with Crippen molar-refractivity contribution in [2.75, 3.05) is 6.54 Å². The summed E-state index contributed by atoms with van der Waals surface area (Å²) in [7, 11) is 0. The van der Waals surface area contributed by atoms with Gasteiger partial charge in [0, 0.05) is 16.8 Å². The van der Waals surface area contributed by atoms with E-state index < -0.39 is 0 Å². The third kappa shape index (κ3) is 2.89. The van der Waals surface area contributed by atoms with Gasteiger partial charge in [0.25, 0.3) is 0 Å². The first-order valence-corrected chi connectivity index (χ1v) is 7.57. The highest BCUT2D eigenvalue weighted by molar-refractivity contribution is 6.30. The standard InChI is InChI=1S/C16H20ClN3/c1-11-16(8-9-18-14-6-7-14)12(2)20(19-11)15-5-3-4-13(17)10-15/h3-5,10,14,18H,6-9H2,1-2H3. The molecule has 0 aliphatic heterocycles. The van der Waals surface area contributed by atoms with Gasteiger partial charge in [-0.15, -0.1) is 0 Å². The smallest absolute Gasteiger partial charge is 0.0663 e. The maximum Gasteiger partial charge on any atom is 0.0663 e. The van der Waals surface area contributed by atoms with Gasteiger partial charge < -0.3 is 5.32 Å². The second kappa shape index (κ2) is 5.58. The molecule has 20 heavy (non-hydrogen) atoms. The summed E-state index contributed by atoms with van der Waals surface area (Å²) in [4.78, 5) is 0. The molecule has 0 saturated heterocycles. The van der Waals surface area contributed by atoms with Crippen molar-refractivity contribution in [3.05, 3.63) is 46.2 Å². The molecule has 1 fully saturated rings. The van der Waals surface area contributed by atoms with Gasteiger partial charge in [-0.2, -0.15) is 5.10 Å². The number of aryl methyl sites for hydroxylation is 1. The van der Waals surface area contributed by atoms with E-state index >= 15 is 0 Å². The van der Waals surface area contributed by atoms with Gasteiger partial charge in [-0.05, 0) is 63.4 Å². The summed E-state index contributed by atoms with van der Waals surface area (Å²) in [6.45, 7) is 5.25. The van der Waals surface area contributed by atoms with Crippen molar-refractivity contribution in [2.45, 2.75) is 39.2 Å². The Morgan fingerprint density at radius 3 is 2.85 bits per heavy atom. The predicted octanol–water partition coefficient (Wildman–Crippen LogP) is 3.44. The molecular weight excluding hydrogens is 270 g/mol. The second-order valence-corrected chi connectivity index (χ2v) is 5.96. The second-order valence-electron chi connectivity index (χ2n) is 5.52. The number of rotatable bonds is 5. The SMILES string of the molecule is Cc1nn(-c2cccc(Cl)c2)c(C)c1CCNC1CC1. The summed E-state index contributed by atoms with van der Waals surface area (Å²) in [6.07, 6.45) is 3.70. The first kappa shape index (κ1) is 13.7. The molecule has 0 spiro atoms. The minimum absolute atomic E-state index is 0.743. The molecule has 3 rings (SSSR count). The molecule has 0 atom stereocenters. The van der Waals surface area contributed by atoms with Gasteiger partial charge in [-0.3, -0.25) is 0 Å². The van der Waals surface area contributed by atoms with Crippen LogP contribution in [0, 0.1) is 13.8 Å². The summed E-state index contributed by atoms with van der Waals surface area (Å²) in [5, 5.41) is 8.97. The lowest BCUT2D eigenvalue weighted by Crippen LogP contribution is -2.19. The molecule has 106 valence electrons. The molecule has 0 unspecified atom stereocenters. The van der Waals surface area contributed by atoms with E-state index in [0.29, 0.717) is 0 Å². The Morgan fingerprint density at radius 2 is 2.15 bits per heavy atom. The number of nitrogens with one attached hydrogen (secondary N) is 1. The van der Waals surface area contributed by atoms with Gasteiger partial charge in [-0.1, -0.05) is 17.7 Å². The van der Waals surface area contributed by atoms with Crippen molar-refractivity contribution in [3.63, 3.8) is 0 Å². The molecule has 0 amide bonds. The van der Waals surface area contributed by atoms with Crippen LogP contribution in [0.2, 0.25) is 5.02 Å². The lowest BCUT2D eigenvalue weighted by Gasteiger charge is -2.06. The molecule has 1 aromatic heterocycles. The zero-order valence-corrected chi connectivity index (χ0v) is 12.7. The number of benzene rings is 1. The molecule has 1 heterocycles. The fourth-order valence-corrected chi connectivity index (χ4v) is 2.77. The van der Waals surface area contributed by atoms with Gasteiger partial charge in [0.1, 0.15) is 0 Å². The first-order valence-electron chi connectivity index (χ1n) is 7.19. The van der Waals surface area contributed by atoms with Crippen LogP contribution in [0.5, 0.6) is 0 Å². The lowest BCUT2D eigenvalue weighted by atomic mass is 10.1. The molecule has 3 nitrogen and oxygen atoms in total. The van der Waals surface area contributed by atoms with Gasteiger partial charge >= 0.3 is 0 Å². The van der Waals surface area contributed by atoms with Crippen molar-refractivity contribution in [3.8, 4) is 5.69 Å². The first-order chi connectivity index (χ1) is 9.65. The van der Waals surface area contributed by atoms with E-state index in [0.717, 1.165) is 35.4 Å². The number of hydrogen-bond donors (Lipinski definition) is 1. The Balaban J connectivity index is 1.81. The van der Waals surface area contributed by atoms with Gasteiger partial charge in [-0.25, -0.2) is 4.68 Å². The van der Waals surface area contributed by atoms with E-state index in [1.807, 2.05) is 28.9 Å². The third-order valence-electron chi connectivity index (χ3n) is 3.88. The van der Waals surface area contributed by atoms with Crippen molar-refractivity contribution < 1.29 is 0 Å². The van der Waals surface area contributed by atoms with E-state index in [1.165, 1.54) is 24.1 Å². The Kier molecular flexibility index (Phi) is 3.81. The number of nitrogens with zero attached hydrogens (tertiary/aromatic N) is 2. The van der Waals surface area contributed by atoms with Crippen molar-refractivity contribution in [1.82, 2.24) is 15.1 Å². The van der Waals surface area contributed by atoms with Crippen LogP contribution in [0.3, 0.4) is 0 Å². The quantitative estimate of drug-likeness (QED) is 0.914. The van der Waals surface area contributed by atoms with Crippen molar-refractivity contribution in [1.29, 1.82) is 0 Å². The minimum atomic E-state index is 0.743. The van der Waals surface area contributed by atoms with E-state index in [9.17, 15) is 0 Å². The maximum atomic E-state index is 6.07. The van der Waals surface area contributed by atoms with Gasteiger partial charge in [0.2, 0.25) is 0 Å². The Morgan fingerprint density at radius 1 is 1.35 bits per heavy atom. The fourth-order valence-electron chi connectivity index (χ4n) is 2.58. The van der Waals surface area contributed by atoms with Crippen LogP contribution >= 0.6 is 11.6 Å². The monoisotopic (exact) mass is 289 g/mol. The topological polar surface area (TPSA) is 29.9 Å². The van der Waals surface area contributed by atoms with Crippen LogP contribution in [0.25, 0.3) is 5.69 Å². The van der Waals surface area contributed by atoms with Crippen molar-refractivity contribution >= 4 is 11.6 Å². The van der Waals surface area contributed by atoms with Crippen molar-refractivity contribution in [2.24, 2.45) is 0 Å². The Hall–Kier alpha value is -1.32. The number of hydrogen-bond acceptors (Lipinski definition) is 2. The molecule has 4 heteroatoms. The molecule has 0 bridgehead atoms. The minimum Gasteiger partial charge on any atom is -0.314 e. The zero-order valence-electron chi connectivity index (χ0n) is 12.0. The molecular formula is C16H20ClN3. The molecule has 1 saturated carbocycles. The zero-order chi connectivity index (χ0) is 14.1. The summed E-state index contributed by atoms with van der Waals surface area (Å²) in [5.41, 5.74) is 4.69. The van der Waals surface area contributed by atoms with Crippen LogP contribution in [-0.4, -0.2) is 22.4 Å². The van der Waals surface area contributed by atoms with Crippen LogP contribution in [0.4, 0.5) is 0 Å². The fraction of sp³-hybridized carbons (Fsp3) is 0.438. The average Bonchev–Trinajstić information content (AvgIpc) is 3.19. The van der Waals surface area contributed by atoms with E-state index in [-0.39, 0.29) is 0 Å². The van der Waals surface area contributed by atoms with Crippen LogP contribution in [0.1, 0.15) is 29.8 Å². The summed E-state index contributed by atoms with van der Waals surface area (Å²) in [5.74, 6) is 0. The highest BCUT2D eigenvalue weighted by atomic mass is 35.5. The Labute approximate surface area is 124 Å². The van der Waals surface area contributed by atoms with Crippen LogP contribution in [-0.2, 0) is 6.42 Å². The molecule has 2 aromatic rings. The highest BCUT2D eigenvalue weighted by Crippen LogP contribution is 2.22. The van der Waals surface area contributed by atoms with Gasteiger partial charge in [0.05, 0.1) is 11.4 Å². The summed E-state index contributed by atoms with van der Waals surface area (Å²) in [6, 6.07) is 8.60. The van der Waals surface area contributed by atoms with Crippen LogP contribution in [0.15, 0.2) is 24.3 Å². The Bertz CT molecular complexity index is 614. The largest absolute Gasteiger partial charge is 0.314 e. The predicted molar refractivity (Wildman–Crippen MR) is 82.8 cm³/mol. The normalized spacial score (nSPS) is 14.8. The van der Waals surface area contributed by atoms with E-state index in [2.05, 4.69) is 24.3 Å². The van der Waals surface area contributed by atoms with Gasteiger partial charge in [0.15, 0.2) is 0 Å². The highest BCUT2D eigenvalue weighted by Gasteiger charge is 2.20. The maximum absolute atomic E-state index is 6.07. The number of aromatic nitrogens is 2. The van der Waals surface area contributed by atoms with Crippen LogP contribution < -0.4 is 5.32 Å². The van der Waals surface area contributed by atoms with E-state index in [4.69, 9.17) is 11.6 Å². The summed E-state index contributed by atoms with van der Waals surface area (Å²) < 4.78 is 1.99. The average molecular weight is 290 g/mol. The number of halogens is 1.